The molecule has 1 aromatic carbocycles. The number of hydrogen-bond donors (Lipinski definition) is 3. The standard InChI is InChI=1S/C18H26N4O4S.HI/c1-3-19-18(21-14-16-5-4-11-26-16)20-13-15-6-8-17(9-7-15)27(23,24)22-10-12-25-2;/h4-9,11,22H,3,10,12-14H2,1-2H3,(H2,19,20,21);1H. The number of guanidine groups is 1. The molecular formula is C18H27IN4O4S. The molecule has 2 aromatic rings. The van der Waals surface area contributed by atoms with Crippen LogP contribution in [0.15, 0.2) is 57.0 Å². The predicted octanol–water partition coefficient (Wildman–Crippen LogP) is 2.08. The quantitative estimate of drug-likeness (QED) is 0.191. The number of halogens is 1. The van der Waals surface area contributed by atoms with Crippen LogP contribution in [0.3, 0.4) is 0 Å². The van der Waals surface area contributed by atoms with Crippen molar-refractivity contribution < 1.29 is 17.6 Å². The van der Waals surface area contributed by atoms with Crippen LogP contribution >= 0.6 is 24.0 Å². The molecule has 10 heteroatoms. The Kier molecular flexibility index (Phi) is 11.1. The molecule has 0 spiro atoms. The molecule has 156 valence electrons. The Morgan fingerprint density at radius 2 is 1.93 bits per heavy atom. The first-order chi connectivity index (χ1) is 13.0. The second kappa shape index (κ2) is 12.8. The fourth-order valence-corrected chi connectivity index (χ4v) is 3.24. The molecule has 0 radical (unpaired) electrons. The van der Waals surface area contributed by atoms with Gasteiger partial charge in [0.2, 0.25) is 10.0 Å². The highest BCUT2D eigenvalue weighted by atomic mass is 127. The highest BCUT2D eigenvalue weighted by Crippen LogP contribution is 2.11. The lowest BCUT2D eigenvalue weighted by molar-refractivity contribution is 0.204. The van der Waals surface area contributed by atoms with Crippen LogP contribution in [0.2, 0.25) is 0 Å². The lowest BCUT2D eigenvalue weighted by atomic mass is 10.2. The third kappa shape index (κ3) is 8.17. The minimum atomic E-state index is -3.52. The summed E-state index contributed by atoms with van der Waals surface area (Å²) in [5.41, 5.74) is 0.904. The number of nitrogens with one attached hydrogen (secondary N) is 3. The molecule has 8 nitrogen and oxygen atoms in total. The van der Waals surface area contributed by atoms with E-state index in [-0.39, 0.29) is 35.4 Å². The van der Waals surface area contributed by atoms with Crippen molar-refractivity contribution in [2.24, 2.45) is 4.99 Å². The average molecular weight is 522 g/mol. The van der Waals surface area contributed by atoms with E-state index >= 15 is 0 Å². The maximum Gasteiger partial charge on any atom is 0.240 e. The second-order valence-electron chi connectivity index (χ2n) is 5.66. The molecule has 1 aromatic heterocycles. The maximum absolute atomic E-state index is 12.1. The molecule has 0 aliphatic carbocycles. The van der Waals surface area contributed by atoms with Crippen LogP contribution in [0.1, 0.15) is 18.2 Å². The van der Waals surface area contributed by atoms with Gasteiger partial charge in [0.15, 0.2) is 5.96 Å². The van der Waals surface area contributed by atoms with Crippen LogP contribution < -0.4 is 15.4 Å². The first-order valence-corrected chi connectivity index (χ1v) is 10.2. The predicted molar refractivity (Wildman–Crippen MR) is 119 cm³/mol. The third-order valence-electron chi connectivity index (χ3n) is 3.61. The normalized spacial score (nSPS) is 11.7. The zero-order chi connectivity index (χ0) is 19.5. The van der Waals surface area contributed by atoms with E-state index in [4.69, 9.17) is 9.15 Å². The minimum absolute atomic E-state index is 0. The number of furan rings is 1. The molecule has 0 saturated carbocycles. The summed E-state index contributed by atoms with van der Waals surface area (Å²) >= 11 is 0. The van der Waals surface area contributed by atoms with E-state index < -0.39 is 10.0 Å². The van der Waals surface area contributed by atoms with Gasteiger partial charge in [-0.15, -0.1) is 24.0 Å². The third-order valence-corrected chi connectivity index (χ3v) is 5.08. The molecule has 3 N–H and O–H groups in total. The van der Waals surface area contributed by atoms with Crippen LogP contribution in [0, 0.1) is 0 Å². The molecule has 0 unspecified atom stereocenters. The highest BCUT2D eigenvalue weighted by molar-refractivity contribution is 14.0. The fourth-order valence-electron chi connectivity index (χ4n) is 2.23. The molecular weight excluding hydrogens is 495 g/mol. The smallest absolute Gasteiger partial charge is 0.240 e. The van der Waals surface area contributed by atoms with Gasteiger partial charge in [-0.05, 0) is 36.8 Å². The van der Waals surface area contributed by atoms with E-state index in [0.29, 0.717) is 25.7 Å². The van der Waals surface area contributed by atoms with Crippen molar-refractivity contribution in [3.63, 3.8) is 0 Å². The van der Waals surface area contributed by atoms with Crippen LogP contribution in [-0.2, 0) is 27.8 Å². The van der Waals surface area contributed by atoms with Crippen molar-refractivity contribution in [1.29, 1.82) is 0 Å². The zero-order valence-corrected chi connectivity index (χ0v) is 19.1. The molecule has 1 heterocycles. The van der Waals surface area contributed by atoms with Crippen molar-refractivity contribution >= 4 is 40.0 Å². The first kappa shape index (κ1) is 24.4. The molecule has 0 fully saturated rings. The molecule has 28 heavy (non-hydrogen) atoms. The van der Waals surface area contributed by atoms with Crippen molar-refractivity contribution in [2.45, 2.75) is 24.9 Å². The Morgan fingerprint density at radius 3 is 2.54 bits per heavy atom. The number of sulfonamides is 1. The summed E-state index contributed by atoms with van der Waals surface area (Å²) in [4.78, 5) is 4.72. The number of methoxy groups -OCH3 is 1. The summed E-state index contributed by atoms with van der Waals surface area (Å²) in [5, 5.41) is 6.34. The monoisotopic (exact) mass is 522 g/mol. The molecule has 0 atom stereocenters. The van der Waals surface area contributed by atoms with E-state index in [1.165, 1.54) is 7.11 Å². The Morgan fingerprint density at radius 1 is 1.18 bits per heavy atom. The van der Waals surface area contributed by atoms with Crippen LogP contribution in [-0.4, -0.2) is 41.2 Å². The number of aliphatic imine (C=N–C) groups is 1. The number of rotatable bonds is 10. The van der Waals surface area contributed by atoms with Gasteiger partial charge in [0, 0.05) is 20.2 Å². The average Bonchev–Trinajstić information content (AvgIpc) is 3.18. The number of ether oxygens (including phenoxy) is 1. The van der Waals surface area contributed by atoms with Crippen molar-refractivity contribution in [2.75, 3.05) is 26.8 Å². The molecule has 2 rings (SSSR count). The van der Waals surface area contributed by atoms with Crippen molar-refractivity contribution in [3.05, 3.63) is 54.0 Å². The van der Waals surface area contributed by atoms with Gasteiger partial charge >= 0.3 is 0 Å². The first-order valence-electron chi connectivity index (χ1n) is 8.67. The molecule has 0 amide bonds. The molecule has 0 saturated heterocycles. The SMILES string of the molecule is CCNC(=NCc1ccc(S(=O)(=O)NCCOC)cc1)NCc1ccco1.I. The van der Waals surface area contributed by atoms with Crippen molar-refractivity contribution in [1.82, 2.24) is 15.4 Å². The van der Waals surface area contributed by atoms with Crippen molar-refractivity contribution in [3.8, 4) is 0 Å². The topological polar surface area (TPSA) is 105 Å². The van der Waals surface area contributed by atoms with Gasteiger partial charge in [-0.25, -0.2) is 18.1 Å². The van der Waals surface area contributed by atoms with E-state index in [1.807, 2.05) is 19.1 Å². The van der Waals surface area contributed by atoms with Gasteiger partial charge in [-0.2, -0.15) is 0 Å². The van der Waals surface area contributed by atoms with Crippen LogP contribution in [0.4, 0.5) is 0 Å². The van der Waals surface area contributed by atoms with E-state index in [0.717, 1.165) is 17.9 Å². The summed E-state index contributed by atoms with van der Waals surface area (Å²) in [6.45, 7) is 4.23. The lowest BCUT2D eigenvalue weighted by Crippen LogP contribution is -2.36. The van der Waals surface area contributed by atoms with Gasteiger partial charge in [-0.3, -0.25) is 0 Å². The van der Waals surface area contributed by atoms with Gasteiger partial charge in [0.1, 0.15) is 5.76 Å². The number of hydrogen-bond acceptors (Lipinski definition) is 5. The summed E-state index contributed by atoms with van der Waals surface area (Å²) in [6.07, 6.45) is 1.63. The van der Waals surface area contributed by atoms with E-state index in [9.17, 15) is 8.42 Å². The molecule has 0 bridgehead atoms. The van der Waals surface area contributed by atoms with Crippen LogP contribution in [0.25, 0.3) is 0 Å². The van der Waals surface area contributed by atoms with E-state index in [1.54, 1.807) is 30.5 Å². The fraction of sp³-hybridized carbons (Fsp3) is 0.389. The molecule has 0 aliphatic heterocycles. The summed E-state index contributed by atoms with van der Waals surface area (Å²) in [5.74, 6) is 1.47. The lowest BCUT2D eigenvalue weighted by Gasteiger charge is -2.10. The molecule has 0 aliphatic rings. The highest BCUT2D eigenvalue weighted by Gasteiger charge is 2.12. The summed E-state index contributed by atoms with van der Waals surface area (Å²) in [6, 6.07) is 10.4. The van der Waals surface area contributed by atoms with E-state index in [2.05, 4.69) is 20.3 Å². The van der Waals surface area contributed by atoms with Gasteiger partial charge < -0.3 is 19.8 Å². The van der Waals surface area contributed by atoms with Gasteiger partial charge in [0.05, 0.1) is 30.9 Å². The Hall–Kier alpha value is -1.63. The van der Waals surface area contributed by atoms with Gasteiger partial charge in [0.25, 0.3) is 0 Å². The summed E-state index contributed by atoms with van der Waals surface area (Å²) in [7, 11) is -2.00. The largest absolute Gasteiger partial charge is 0.467 e. The number of benzene rings is 1. The van der Waals surface area contributed by atoms with Crippen LogP contribution in [0.5, 0.6) is 0 Å². The maximum atomic E-state index is 12.1. The van der Waals surface area contributed by atoms with Gasteiger partial charge in [-0.1, -0.05) is 12.1 Å². The second-order valence-corrected chi connectivity index (χ2v) is 7.43. The Balaban J connectivity index is 0.00000392. The Bertz CT molecular complexity index is 809. The minimum Gasteiger partial charge on any atom is -0.467 e. The number of nitrogens with zero attached hydrogens (tertiary/aromatic N) is 1. The summed E-state index contributed by atoms with van der Waals surface area (Å²) < 4.78 is 36.9. The Labute approximate surface area is 183 Å². The zero-order valence-electron chi connectivity index (χ0n) is 16.0.